The summed E-state index contributed by atoms with van der Waals surface area (Å²) in [6.45, 7) is -0.267. The first kappa shape index (κ1) is 25.9. The van der Waals surface area contributed by atoms with Crippen LogP contribution in [0.25, 0.3) is 0 Å². The van der Waals surface area contributed by atoms with Crippen LogP contribution in [0.3, 0.4) is 0 Å². The third kappa shape index (κ3) is 8.29. The summed E-state index contributed by atoms with van der Waals surface area (Å²) in [6, 6.07) is 4.36. The molecular weight excluding hydrogens is 429 g/mol. The van der Waals surface area contributed by atoms with E-state index in [2.05, 4.69) is 0 Å². The number of hydrogen-bond acceptors (Lipinski definition) is 5. The Bertz CT molecular complexity index is 792. The van der Waals surface area contributed by atoms with Crippen molar-refractivity contribution in [3.8, 4) is 5.75 Å². The van der Waals surface area contributed by atoms with Crippen LogP contribution in [0.2, 0.25) is 0 Å². The van der Waals surface area contributed by atoms with Gasteiger partial charge in [0, 0.05) is 18.8 Å². The summed E-state index contributed by atoms with van der Waals surface area (Å²) in [7, 11) is 0. The van der Waals surface area contributed by atoms with E-state index in [1.807, 2.05) is 12.2 Å². The van der Waals surface area contributed by atoms with E-state index in [0.717, 1.165) is 12.1 Å². The second kappa shape index (κ2) is 12.0. The van der Waals surface area contributed by atoms with E-state index in [1.54, 1.807) is 6.08 Å². The SMILES string of the molecule is O=C(O)CCCC=CC[C@@H]1C(C=C[C@@H](O)COc2cccc(C(F)(F)F)c2)[C@H](O)C[C@@H]1O. The molecule has 6 nitrogen and oxygen atoms in total. The van der Waals surface area contributed by atoms with Gasteiger partial charge in [-0.1, -0.05) is 30.4 Å². The van der Waals surface area contributed by atoms with Gasteiger partial charge in [-0.15, -0.1) is 0 Å². The van der Waals surface area contributed by atoms with E-state index in [1.165, 1.54) is 18.2 Å². The molecule has 1 aliphatic carbocycles. The summed E-state index contributed by atoms with van der Waals surface area (Å²) in [5, 5.41) is 39.2. The Kier molecular flexibility index (Phi) is 9.74. The lowest BCUT2D eigenvalue weighted by Crippen LogP contribution is -2.21. The van der Waals surface area contributed by atoms with Crippen molar-refractivity contribution in [2.24, 2.45) is 11.8 Å². The molecule has 0 amide bonds. The Balaban J connectivity index is 1.87. The van der Waals surface area contributed by atoms with Crippen LogP contribution in [0.15, 0.2) is 48.6 Å². The van der Waals surface area contributed by atoms with E-state index in [-0.39, 0.29) is 31.1 Å². The van der Waals surface area contributed by atoms with Crippen LogP contribution >= 0.6 is 0 Å². The van der Waals surface area contributed by atoms with E-state index in [0.29, 0.717) is 19.3 Å². The number of benzene rings is 1. The van der Waals surface area contributed by atoms with Gasteiger partial charge in [0.2, 0.25) is 0 Å². The van der Waals surface area contributed by atoms with Crippen molar-refractivity contribution in [1.82, 2.24) is 0 Å². The molecule has 0 bridgehead atoms. The fourth-order valence-corrected chi connectivity index (χ4v) is 3.70. The predicted molar refractivity (Wildman–Crippen MR) is 111 cm³/mol. The summed E-state index contributed by atoms with van der Waals surface area (Å²) < 4.78 is 43.5. The lowest BCUT2D eigenvalue weighted by molar-refractivity contribution is -0.138. The summed E-state index contributed by atoms with van der Waals surface area (Å²) in [5.74, 6) is -1.55. The van der Waals surface area contributed by atoms with Crippen LogP contribution in [0.4, 0.5) is 13.2 Å². The van der Waals surface area contributed by atoms with E-state index in [9.17, 15) is 33.3 Å². The maximum absolute atomic E-state index is 12.8. The summed E-state index contributed by atoms with van der Waals surface area (Å²) in [6.07, 6.45) is 1.48. The normalized spacial score (nSPS) is 24.9. The maximum Gasteiger partial charge on any atom is 0.416 e. The molecule has 0 radical (unpaired) electrons. The molecule has 1 aromatic carbocycles. The average molecular weight is 458 g/mol. The number of alkyl halides is 3. The molecule has 2 rings (SSSR count). The zero-order valence-corrected chi connectivity index (χ0v) is 17.5. The monoisotopic (exact) mass is 458 g/mol. The largest absolute Gasteiger partial charge is 0.491 e. The molecular formula is C23H29F3O6. The smallest absolute Gasteiger partial charge is 0.416 e. The molecule has 1 saturated carbocycles. The van der Waals surface area contributed by atoms with E-state index in [4.69, 9.17) is 9.84 Å². The fourth-order valence-electron chi connectivity index (χ4n) is 3.70. The Morgan fingerprint density at radius 1 is 1.22 bits per heavy atom. The molecule has 1 fully saturated rings. The molecule has 0 saturated heterocycles. The number of rotatable bonds is 11. The minimum absolute atomic E-state index is 0.0190. The highest BCUT2D eigenvalue weighted by Gasteiger charge is 2.39. The number of halogens is 3. The Labute approximate surface area is 184 Å². The van der Waals surface area contributed by atoms with Crippen molar-refractivity contribution in [2.45, 2.75) is 56.6 Å². The number of aliphatic carboxylic acids is 1. The minimum Gasteiger partial charge on any atom is -0.491 e. The molecule has 1 unspecified atom stereocenters. The number of ether oxygens (including phenoxy) is 1. The number of aliphatic hydroxyl groups is 3. The van der Waals surface area contributed by atoms with Crippen molar-refractivity contribution < 1.29 is 43.1 Å². The van der Waals surface area contributed by atoms with Crippen LogP contribution in [0.1, 0.15) is 37.7 Å². The molecule has 9 heteroatoms. The molecule has 32 heavy (non-hydrogen) atoms. The molecule has 0 aliphatic heterocycles. The van der Waals surface area contributed by atoms with Crippen LogP contribution in [0.5, 0.6) is 5.75 Å². The first-order valence-corrected chi connectivity index (χ1v) is 10.5. The van der Waals surface area contributed by atoms with Crippen LogP contribution in [0, 0.1) is 11.8 Å². The Morgan fingerprint density at radius 2 is 1.97 bits per heavy atom. The zero-order valence-electron chi connectivity index (χ0n) is 17.5. The van der Waals surface area contributed by atoms with Gasteiger partial charge in [0.25, 0.3) is 0 Å². The highest BCUT2D eigenvalue weighted by Crippen LogP contribution is 2.36. The summed E-state index contributed by atoms with van der Waals surface area (Å²) >= 11 is 0. The minimum atomic E-state index is -4.49. The molecule has 0 heterocycles. The lowest BCUT2D eigenvalue weighted by atomic mass is 9.89. The number of hydrogen-bond donors (Lipinski definition) is 4. The summed E-state index contributed by atoms with van der Waals surface area (Å²) in [5.41, 5.74) is -0.845. The molecule has 178 valence electrons. The van der Waals surface area contributed by atoms with Gasteiger partial charge in [0.05, 0.1) is 17.8 Å². The Morgan fingerprint density at radius 3 is 2.66 bits per heavy atom. The van der Waals surface area contributed by atoms with Crippen molar-refractivity contribution >= 4 is 5.97 Å². The van der Waals surface area contributed by atoms with Gasteiger partial charge in [0.1, 0.15) is 18.5 Å². The third-order valence-corrected chi connectivity index (χ3v) is 5.39. The number of aliphatic hydroxyl groups excluding tert-OH is 3. The standard InChI is InChI=1S/C23H29F3O6/c24-23(25,26)15-6-5-7-17(12-15)32-14-16(27)10-11-19-18(20(28)13-21(19)29)8-3-1-2-4-9-22(30)31/h1,3,5-7,10-12,16,18-21,27-29H,2,4,8-9,13-14H2,(H,30,31)/t16-,18-,19?,20+,21-/m1/s1. The van der Waals surface area contributed by atoms with Crippen LogP contribution < -0.4 is 4.74 Å². The van der Waals surface area contributed by atoms with Crippen molar-refractivity contribution in [3.05, 3.63) is 54.1 Å². The molecule has 0 spiro atoms. The third-order valence-electron chi connectivity index (χ3n) is 5.39. The first-order chi connectivity index (χ1) is 15.1. The van der Waals surface area contributed by atoms with Crippen molar-refractivity contribution in [3.63, 3.8) is 0 Å². The molecule has 0 aromatic heterocycles. The number of carboxylic acids is 1. The molecule has 1 aromatic rings. The van der Waals surface area contributed by atoms with Gasteiger partial charge < -0.3 is 25.2 Å². The second-order valence-corrected chi connectivity index (χ2v) is 7.89. The quantitative estimate of drug-likeness (QED) is 0.298. The van der Waals surface area contributed by atoms with Crippen LogP contribution in [-0.4, -0.2) is 51.3 Å². The average Bonchev–Trinajstić information content (AvgIpc) is 2.99. The number of carboxylic acid groups (broad SMARTS) is 1. The van der Waals surface area contributed by atoms with Crippen molar-refractivity contribution in [2.75, 3.05) is 6.61 Å². The maximum atomic E-state index is 12.8. The second-order valence-electron chi connectivity index (χ2n) is 7.89. The van der Waals surface area contributed by atoms with Gasteiger partial charge in [-0.3, -0.25) is 4.79 Å². The zero-order chi connectivity index (χ0) is 23.7. The van der Waals surface area contributed by atoms with Gasteiger partial charge in [-0.25, -0.2) is 0 Å². The first-order valence-electron chi connectivity index (χ1n) is 10.5. The Hall–Kier alpha value is -2.36. The van der Waals surface area contributed by atoms with Crippen LogP contribution in [-0.2, 0) is 11.0 Å². The number of allylic oxidation sites excluding steroid dienone is 2. The molecule has 1 aliphatic rings. The number of unbranched alkanes of at least 4 members (excludes halogenated alkanes) is 1. The summed E-state index contributed by atoms with van der Waals surface area (Å²) in [4.78, 5) is 10.5. The van der Waals surface area contributed by atoms with Crippen molar-refractivity contribution in [1.29, 1.82) is 0 Å². The van der Waals surface area contributed by atoms with Gasteiger partial charge >= 0.3 is 12.1 Å². The molecule has 5 atom stereocenters. The molecule has 4 N–H and O–H groups in total. The van der Waals surface area contributed by atoms with Gasteiger partial charge in [0.15, 0.2) is 0 Å². The predicted octanol–water partition coefficient (Wildman–Crippen LogP) is 3.56. The fraction of sp³-hybridized carbons (Fsp3) is 0.522. The number of carbonyl (C=O) groups is 1. The highest BCUT2D eigenvalue weighted by molar-refractivity contribution is 5.66. The van der Waals surface area contributed by atoms with E-state index >= 15 is 0 Å². The highest BCUT2D eigenvalue weighted by atomic mass is 19.4. The van der Waals surface area contributed by atoms with Gasteiger partial charge in [-0.05, 0) is 43.4 Å². The van der Waals surface area contributed by atoms with E-state index < -0.39 is 41.9 Å². The van der Waals surface area contributed by atoms with Gasteiger partial charge in [-0.2, -0.15) is 13.2 Å². The topological polar surface area (TPSA) is 107 Å². The lowest BCUT2D eigenvalue weighted by Gasteiger charge is -2.19.